The third kappa shape index (κ3) is 12.8. The van der Waals surface area contributed by atoms with Gasteiger partial charge in [0.2, 0.25) is 0 Å². The number of rotatable bonds is 16. The molecular formula is C30H47NO10. The molecule has 0 radical (unpaired) electrons. The maximum atomic E-state index is 12.7. The van der Waals surface area contributed by atoms with Gasteiger partial charge in [-0.2, -0.15) is 0 Å². The number of methoxy groups -OCH3 is 1. The second-order valence-electron chi connectivity index (χ2n) is 11.2. The van der Waals surface area contributed by atoms with Crippen LogP contribution in [0.4, 0.5) is 9.59 Å². The normalized spacial score (nSPS) is 13.0. The van der Waals surface area contributed by atoms with Crippen LogP contribution < -0.4 is 15.2 Å². The van der Waals surface area contributed by atoms with E-state index in [0.717, 1.165) is 19.3 Å². The molecule has 0 aromatic heterocycles. The van der Waals surface area contributed by atoms with Crippen molar-refractivity contribution in [1.82, 2.24) is 0 Å². The largest absolute Gasteiger partial charge is 0.514 e. The van der Waals surface area contributed by atoms with Crippen molar-refractivity contribution in [2.24, 2.45) is 5.73 Å². The second kappa shape index (κ2) is 16.2. The lowest BCUT2D eigenvalue weighted by Gasteiger charge is -2.27. The number of carbonyl (C=O) groups excluding carboxylic acids is 4. The topological polar surface area (TPSA) is 150 Å². The molecule has 0 spiro atoms. The molecular weight excluding hydrogens is 534 g/mol. The Kier molecular flexibility index (Phi) is 14.1. The van der Waals surface area contributed by atoms with Crippen molar-refractivity contribution >= 4 is 24.2 Å². The fourth-order valence-corrected chi connectivity index (χ4v) is 3.41. The minimum Gasteiger partial charge on any atom is -0.468 e. The molecule has 1 aromatic rings. The first-order valence-electron chi connectivity index (χ1n) is 14.1. The molecule has 0 fully saturated rings. The Bertz CT molecular complexity index is 1040. The van der Waals surface area contributed by atoms with Crippen LogP contribution in [0, 0.1) is 0 Å². The van der Waals surface area contributed by atoms with Crippen molar-refractivity contribution in [2.45, 2.75) is 117 Å². The van der Waals surface area contributed by atoms with E-state index in [1.165, 1.54) is 19.2 Å². The Labute approximate surface area is 243 Å². The molecule has 1 atom stereocenters. The van der Waals surface area contributed by atoms with Gasteiger partial charge in [0.15, 0.2) is 11.5 Å². The highest BCUT2D eigenvalue weighted by Crippen LogP contribution is 2.32. The highest BCUT2D eigenvalue weighted by molar-refractivity contribution is 5.81. The van der Waals surface area contributed by atoms with E-state index in [1.807, 2.05) is 20.8 Å². The van der Waals surface area contributed by atoms with Gasteiger partial charge in [-0.05, 0) is 64.7 Å². The minimum absolute atomic E-state index is 0.0151. The van der Waals surface area contributed by atoms with E-state index in [4.69, 9.17) is 34.2 Å². The SMILES string of the molecule is CCCCCC(=O)OCC[C@@](N)(Cc1ccc(OC(=O)OC(C)(C)CC)c(OC(=O)OC(C)(C)CC)c1)C(=O)OC. The highest BCUT2D eigenvalue weighted by atomic mass is 16.8. The van der Waals surface area contributed by atoms with Crippen LogP contribution in [0.1, 0.15) is 99.0 Å². The van der Waals surface area contributed by atoms with Crippen LogP contribution in [0.5, 0.6) is 11.5 Å². The van der Waals surface area contributed by atoms with Gasteiger partial charge in [0.1, 0.15) is 16.7 Å². The molecule has 0 saturated heterocycles. The first-order chi connectivity index (χ1) is 19.1. The molecule has 2 N–H and O–H groups in total. The molecule has 0 heterocycles. The number of carbonyl (C=O) groups is 4. The van der Waals surface area contributed by atoms with Gasteiger partial charge in [-0.15, -0.1) is 0 Å². The van der Waals surface area contributed by atoms with Crippen molar-refractivity contribution in [3.8, 4) is 11.5 Å². The van der Waals surface area contributed by atoms with Crippen molar-refractivity contribution < 1.29 is 47.6 Å². The smallest absolute Gasteiger partial charge is 0.468 e. The number of ether oxygens (including phenoxy) is 6. The fraction of sp³-hybridized carbons (Fsp3) is 0.667. The summed E-state index contributed by atoms with van der Waals surface area (Å²) in [4.78, 5) is 49.7. The molecule has 0 amide bonds. The lowest BCUT2D eigenvalue weighted by molar-refractivity contribution is -0.151. The van der Waals surface area contributed by atoms with Crippen molar-refractivity contribution in [1.29, 1.82) is 0 Å². The van der Waals surface area contributed by atoms with Gasteiger partial charge in [-0.1, -0.05) is 39.7 Å². The molecule has 1 rings (SSSR count). The predicted octanol–water partition coefficient (Wildman–Crippen LogP) is 6.02. The van der Waals surface area contributed by atoms with E-state index in [1.54, 1.807) is 33.8 Å². The summed E-state index contributed by atoms with van der Waals surface area (Å²) in [7, 11) is 1.21. The molecule has 0 aliphatic rings. The molecule has 0 aliphatic heterocycles. The number of hydrogen-bond donors (Lipinski definition) is 1. The maximum absolute atomic E-state index is 12.7. The van der Waals surface area contributed by atoms with Crippen LogP contribution in [0.15, 0.2) is 18.2 Å². The van der Waals surface area contributed by atoms with E-state index in [0.29, 0.717) is 18.4 Å². The standard InChI is InChI=1S/C30H47NO10/c1-9-12-13-14-24(32)37-18-17-30(31,25(33)36-8)20-21-15-16-22(38-26(34)40-28(4,5)10-2)23(19-21)39-27(35)41-29(6,7)11-3/h15-16,19H,9-14,17-18,20,31H2,1-8H3/t30-/m1/s1. The van der Waals surface area contributed by atoms with Gasteiger partial charge in [-0.3, -0.25) is 9.59 Å². The van der Waals surface area contributed by atoms with E-state index in [-0.39, 0.29) is 43.3 Å². The summed E-state index contributed by atoms with van der Waals surface area (Å²) in [5.41, 5.74) is 3.76. The molecule has 0 aliphatic carbocycles. The molecule has 0 saturated carbocycles. The van der Waals surface area contributed by atoms with Crippen molar-refractivity contribution in [3.63, 3.8) is 0 Å². The average molecular weight is 582 g/mol. The first kappa shape index (κ1) is 35.7. The van der Waals surface area contributed by atoms with Gasteiger partial charge in [-0.25, -0.2) is 9.59 Å². The highest BCUT2D eigenvalue weighted by Gasteiger charge is 2.36. The fourth-order valence-electron chi connectivity index (χ4n) is 3.41. The quantitative estimate of drug-likeness (QED) is 0.106. The van der Waals surface area contributed by atoms with Gasteiger partial charge in [0.25, 0.3) is 0 Å². The number of unbranched alkanes of at least 4 members (excludes halogenated alkanes) is 2. The molecule has 1 aromatic carbocycles. The minimum atomic E-state index is -1.56. The number of benzene rings is 1. The molecule has 232 valence electrons. The molecule has 11 nitrogen and oxygen atoms in total. The average Bonchev–Trinajstić information content (AvgIpc) is 2.89. The maximum Gasteiger partial charge on any atom is 0.514 e. The summed E-state index contributed by atoms with van der Waals surface area (Å²) >= 11 is 0. The molecule has 0 unspecified atom stereocenters. The zero-order chi connectivity index (χ0) is 31.3. The Hall–Kier alpha value is -3.34. The van der Waals surface area contributed by atoms with E-state index in [9.17, 15) is 19.2 Å². The number of hydrogen-bond acceptors (Lipinski definition) is 11. The van der Waals surface area contributed by atoms with Crippen molar-refractivity contribution in [2.75, 3.05) is 13.7 Å². The van der Waals surface area contributed by atoms with E-state index in [2.05, 4.69) is 0 Å². The van der Waals surface area contributed by atoms with Gasteiger partial charge in [0, 0.05) is 19.3 Å². The zero-order valence-electron chi connectivity index (χ0n) is 25.8. The third-order valence-electron chi connectivity index (χ3n) is 6.72. The summed E-state index contributed by atoms with van der Waals surface area (Å²) in [6.07, 6.45) is 1.90. The monoisotopic (exact) mass is 581 g/mol. The molecule has 41 heavy (non-hydrogen) atoms. The summed E-state index contributed by atoms with van der Waals surface area (Å²) in [5, 5.41) is 0. The summed E-state index contributed by atoms with van der Waals surface area (Å²) < 4.78 is 31.7. The summed E-state index contributed by atoms with van der Waals surface area (Å²) in [6.45, 7) is 12.6. The summed E-state index contributed by atoms with van der Waals surface area (Å²) in [5.74, 6) is -1.31. The lowest BCUT2D eigenvalue weighted by Crippen LogP contribution is -2.51. The van der Waals surface area contributed by atoms with Crippen LogP contribution in [0.25, 0.3) is 0 Å². The first-order valence-corrected chi connectivity index (χ1v) is 14.1. The Balaban J connectivity index is 3.21. The van der Waals surface area contributed by atoms with Gasteiger partial charge in [0.05, 0.1) is 13.7 Å². The van der Waals surface area contributed by atoms with E-state index < -0.39 is 35.0 Å². The molecule has 0 bridgehead atoms. The lowest BCUT2D eigenvalue weighted by atomic mass is 9.88. The third-order valence-corrected chi connectivity index (χ3v) is 6.72. The summed E-state index contributed by atoms with van der Waals surface area (Å²) in [6, 6.07) is 4.37. The Morgan fingerprint density at radius 3 is 1.90 bits per heavy atom. The van der Waals surface area contributed by atoms with Gasteiger partial charge >= 0.3 is 24.2 Å². The Morgan fingerprint density at radius 1 is 0.829 bits per heavy atom. The van der Waals surface area contributed by atoms with Crippen LogP contribution in [-0.4, -0.2) is 54.7 Å². The van der Waals surface area contributed by atoms with Gasteiger partial charge < -0.3 is 34.2 Å². The number of esters is 2. The predicted molar refractivity (Wildman–Crippen MR) is 152 cm³/mol. The van der Waals surface area contributed by atoms with Crippen LogP contribution in [-0.2, 0) is 35.0 Å². The van der Waals surface area contributed by atoms with Crippen LogP contribution in [0.2, 0.25) is 0 Å². The van der Waals surface area contributed by atoms with Crippen molar-refractivity contribution in [3.05, 3.63) is 23.8 Å². The number of nitrogens with two attached hydrogens (primary N) is 1. The van der Waals surface area contributed by atoms with Crippen LogP contribution >= 0.6 is 0 Å². The zero-order valence-corrected chi connectivity index (χ0v) is 25.8. The van der Waals surface area contributed by atoms with Crippen LogP contribution in [0.3, 0.4) is 0 Å². The second-order valence-corrected chi connectivity index (χ2v) is 11.2. The van der Waals surface area contributed by atoms with E-state index >= 15 is 0 Å². The Morgan fingerprint density at radius 2 is 1.39 bits per heavy atom. The molecule has 11 heteroatoms.